The number of pyridine rings is 1. The second-order valence-electron chi connectivity index (χ2n) is 4.75. The molecule has 0 radical (unpaired) electrons. The smallest absolute Gasteiger partial charge is 0.263 e. The van der Waals surface area contributed by atoms with Crippen molar-refractivity contribution in [2.45, 2.75) is 17.9 Å². The van der Waals surface area contributed by atoms with Crippen molar-refractivity contribution in [3.63, 3.8) is 0 Å². The molecule has 0 atom stereocenters. The first-order valence-electron chi connectivity index (χ1n) is 6.47. The van der Waals surface area contributed by atoms with Gasteiger partial charge >= 0.3 is 0 Å². The van der Waals surface area contributed by atoms with Crippen molar-refractivity contribution in [1.82, 2.24) is 9.55 Å². The molecule has 0 unspecified atom stereocenters. The Morgan fingerprint density at radius 1 is 1.10 bits per heavy atom. The third-order valence-corrected chi connectivity index (χ3v) is 4.75. The fourth-order valence-electron chi connectivity index (χ4n) is 2.39. The molecule has 0 amide bonds. The number of rotatable bonds is 4. The Bertz CT molecular complexity index is 873. The van der Waals surface area contributed by atoms with Gasteiger partial charge in [0.05, 0.1) is 0 Å². The van der Waals surface area contributed by atoms with Crippen LogP contribution in [-0.2, 0) is 22.0 Å². The maximum atomic E-state index is 11.7. The Morgan fingerprint density at radius 3 is 2.52 bits per heavy atom. The number of aryl methyl sites for hydroxylation is 2. The first-order chi connectivity index (χ1) is 10.1. The van der Waals surface area contributed by atoms with E-state index in [1.165, 1.54) is 0 Å². The zero-order valence-corrected chi connectivity index (χ0v) is 12.7. The minimum atomic E-state index is -3.75. The highest BCUT2D eigenvalue weighted by atomic mass is 35.7. The van der Waals surface area contributed by atoms with Crippen molar-refractivity contribution < 1.29 is 8.42 Å². The molecule has 0 aliphatic carbocycles. The number of aromatic nitrogens is 2. The van der Waals surface area contributed by atoms with Crippen molar-refractivity contribution in [2.24, 2.45) is 0 Å². The van der Waals surface area contributed by atoms with Gasteiger partial charge in [0.25, 0.3) is 9.05 Å². The number of para-hydroxylation sites is 1. The first-order valence-corrected chi connectivity index (χ1v) is 8.78. The molecule has 2 heterocycles. The van der Waals surface area contributed by atoms with Gasteiger partial charge in [-0.15, -0.1) is 0 Å². The lowest BCUT2D eigenvalue weighted by molar-refractivity contribution is 0.609. The Kier molecular flexibility index (Phi) is 3.69. The average molecular weight is 321 g/mol. The fraction of sp³-hybridized carbons (Fsp3) is 0.133. The number of hydrogen-bond donors (Lipinski definition) is 0. The molecule has 6 heteroatoms. The van der Waals surface area contributed by atoms with Crippen LogP contribution in [0.3, 0.4) is 0 Å². The standard InChI is InChI=1S/C15H13ClN2O2S/c16-21(19,20)15-11-18(14-4-2-1-3-13(14)15)10-7-12-5-8-17-9-6-12/h1-6,8-9,11H,7,10H2. The van der Waals surface area contributed by atoms with E-state index in [1.54, 1.807) is 30.7 Å². The topological polar surface area (TPSA) is 52.0 Å². The molecule has 21 heavy (non-hydrogen) atoms. The Hall–Kier alpha value is -1.85. The quantitative estimate of drug-likeness (QED) is 0.694. The molecule has 0 saturated carbocycles. The molecule has 0 bridgehead atoms. The van der Waals surface area contributed by atoms with Crippen LogP contribution in [0.25, 0.3) is 10.9 Å². The van der Waals surface area contributed by atoms with E-state index in [9.17, 15) is 8.42 Å². The van der Waals surface area contributed by atoms with E-state index in [-0.39, 0.29) is 4.90 Å². The van der Waals surface area contributed by atoms with Crippen LogP contribution in [0.4, 0.5) is 0 Å². The number of hydrogen-bond acceptors (Lipinski definition) is 3. The predicted molar refractivity (Wildman–Crippen MR) is 82.9 cm³/mol. The van der Waals surface area contributed by atoms with E-state index >= 15 is 0 Å². The van der Waals surface area contributed by atoms with Crippen LogP contribution in [0, 0.1) is 0 Å². The summed E-state index contributed by atoms with van der Waals surface area (Å²) in [5.41, 5.74) is 2.02. The van der Waals surface area contributed by atoms with Crippen LogP contribution in [0.5, 0.6) is 0 Å². The minimum Gasteiger partial charge on any atom is -0.346 e. The van der Waals surface area contributed by atoms with Gasteiger partial charge in [-0.2, -0.15) is 0 Å². The van der Waals surface area contributed by atoms with Gasteiger partial charge in [-0.25, -0.2) is 8.42 Å². The normalized spacial score (nSPS) is 11.9. The van der Waals surface area contributed by atoms with E-state index in [2.05, 4.69) is 4.98 Å². The maximum Gasteiger partial charge on any atom is 0.263 e. The molecule has 108 valence electrons. The molecule has 0 N–H and O–H groups in total. The highest BCUT2D eigenvalue weighted by Gasteiger charge is 2.18. The van der Waals surface area contributed by atoms with Crippen LogP contribution >= 0.6 is 10.7 Å². The van der Waals surface area contributed by atoms with Crippen molar-refractivity contribution in [2.75, 3.05) is 0 Å². The fourth-order valence-corrected chi connectivity index (χ4v) is 3.45. The van der Waals surface area contributed by atoms with E-state index in [0.29, 0.717) is 11.9 Å². The molecule has 0 fully saturated rings. The summed E-state index contributed by atoms with van der Waals surface area (Å²) in [6.07, 6.45) is 5.90. The summed E-state index contributed by atoms with van der Waals surface area (Å²) >= 11 is 0. The van der Waals surface area contributed by atoms with Gasteiger partial charge in [0.1, 0.15) is 4.90 Å². The van der Waals surface area contributed by atoms with Crippen molar-refractivity contribution in [3.05, 3.63) is 60.6 Å². The molecular weight excluding hydrogens is 308 g/mol. The van der Waals surface area contributed by atoms with Gasteiger partial charge in [-0.3, -0.25) is 4.98 Å². The average Bonchev–Trinajstić information content (AvgIpc) is 2.85. The number of fused-ring (bicyclic) bond motifs is 1. The summed E-state index contributed by atoms with van der Waals surface area (Å²) in [5.74, 6) is 0. The van der Waals surface area contributed by atoms with Crippen LogP contribution in [0.1, 0.15) is 5.56 Å². The summed E-state index contributed by atoms with van der Waals surface area (Å²) in [6.45, 7) is 0.678. The molecule has 0 saturated heterocycles. The first kappa shape index (κ1) is 14.1. The number of nitrogens with zero attached hydrogens (tertiary/aromatic N) is 2. The Balaban J connectivity index is 1.99. The molecule has 0 aliphatic heterocycles. The van der Waals surface area contributed by atoms with E-state index in [1.807, 2.05) is 28.8 Å². The molecule has 3 rings (SSSR count). The molecule has 0 aliphatic rings. The largest absolute Gasteiger partial charge is 0.346 e. The van der Waals surface area contributed by atoms with Crippen LogP contribution in [-0.4, -0.2) is 18.0 Å². The van der Waals surface area contributed by atoms with Gasteiger partial charge in [0.15, 0.2) is 0 Å². The molecule has 3 aromatic rings. The third kappa shape index (κ3) is 2.94. The zero-order chi connectivity index (χ0) is 14.9. The minimum absolute atomic E-state index is 0.162. The monoisotopic (exact) mass is 320 g/mol. The van der Waals surface area contributed by atoms with Crippen LogP contribution in [0.15, 0.2) is 59.9 Å². The summed E-state index contributed by atoms with van der Waals surface area (Å²) < 4.78 is 25.3. The summed E-state index contributed by atoms with van der Waals surface area (Å²) in [5, 5.41) is 0.655. The lowest BCUT2D eigenvalue weighted by atomic mass is 10.2. The summed E-state index contributed by atoms with van der Waals surface area (Å²) in [7, 11) is 1.77. The van der Waals surface area contributed by atoms with Gasteiger partial charge in [-0.05, 0) is 30.2 Å². The van der Waals surface area contributed by atoms with E-state index in [0.717, 1.165) is 17.5 Å². The van der Waals surface area contributed by atoms with Crippen molar-refractivity contribution >= 4 is 30.6 Å². The summed E-state index contributed by atoms with van der Waals surface area (Å²) in [6, 6.07) is 11.3. The van der Waals surface area contributed by atoms with Crippen LogP contribution in [0.2, 0.25) is 0 Å². The predicted octanol–water partition coefficient (Wildman–Crippen LogP) is 3.21. The molecular formula is C15H13ClN2O2S. The molecule has 0 spiro atoms. The lowest BCUT2D eigenvalue weighted by Crippen LogP contribution is -2.00. The molecule has 1 aromatic carbocycles. The molecule has 4 nitrogen and oxygen atoms in total. The number of halogens is 1. The number of benzene rings is 1. The summed E-state index contributed by atoms with van der Waals surface area (Å²) in [4.78, 5) is 4.14. The van der Waals surface area contributed by atoms with Crippen LogP contribution < -0.4 is 0 Å². The van der Waals surface area contributed by atoms with E-state index < -0.39 is 9.05 Å². The van der Waals surface area contributed by atoms with Gasteiger partial charge in [0, 0.05) is 46.7 Å². The van der Waals surface area contributed by atoms with Crippen molar-refractivity contribution in [3.8, 4) is 0 Å². The van der Waals surface area contributed by atoms with Gasteiger partial charge in [-0.1, -0.05) is 18.2 Å². The van der Waals surface area contributed by atoms with E-state index in [4.69, 9.17) is 10.7 Å². The second-order valence-corrected chi connectivity index (χ2v) is 7.28. The highest BCUT2D eigenvalue weighted by Crippen LogP contribution is 2.28. The molecule has 2 aromatic heterocycles. The lowest BCUT2D eigenvalue weighted by Gasteiger charge is -2.05. The van der Waals surface area contributed by atoms with Gasteiger partial charge < -0.3 is 4.57 Å². The zero-order valence-electron chi connectivity index (χ0n) is 11.1. The van der Waals surface area contributed by atoms with Gasteiger partial charge in [0.2, 0.25) is 0 Å². The maximum absolute atomic E-state index is 11.7. The third-order valence-electron chi connectivity index (χ3n) is 3.41. The Morgan fingerprint density at radius 2 is 1.81 bits per heavy atom. The Labute approximate surface area is 127 Å². The second kappa shape index (κ2) is 5.50. The highest BCUT2D eigenvalue weighted by molar-refractivity contribution is 8.14. The van der Waals surface area contributed by atoms with Crippen molar-refractivity contribution in [1.29, 1.82) is 0 Å². The SMILES string of the molecule is O=S(=O)(Cl)c1cn(CCc2ccncc2)c2ccccc12.